The van der Waals surface area contributed by atoms with E-state index in [1.165, 1.54) is 0 Å². The number of carbonyl (C=O) groups is 2. The highest BCUT2D eigenvalue weighted by Crippen LogP contribution is 2.30. The van der Waals surface area contributed by atoms with Crippen molar-refractivity contribution >= 4 is 11.8 Å². The zero-order valence-corrected chi connectivity index (χ0v) is 10.4. The Hall–Kier alpha value is -0.980. The molecule has 1 N–H and O–H groups in total. The molecule has 0 spiro atoms. The van der Waals surface area contributed by atoms with Crippen molar-refractivity contribution in [1.29, 1.82) is 0 Å². The number of hydrogen-bond donors (Lipinski definition) is 1. The van der Waals surface area contributed by atoms with Crippen molar-refractivity contribution in [1.82, 2.24) is 4.90 Å². The number of carboxylic acid groups (broad SMARTS) is 1. The van der Waals surface area contributed by atoms with Crippen molar-refractivity contribution in [3.05, 3.63) is 0 Å². The first-order chi connectivity index (χ1) is 8.65. The van der Waals surface area contributed by atoms with Crippen LogP contribution < -0.4 is 0 Å². The molecule has 0 radical (unpaired) electrons. The van der Waals surface area contributed by atoms with Crippen LogP contribution in [0.4, 0.5) is 0 Å². The molecule has 2 heterocycles. The van der Waals surface area contributed by atoms with Gasteiger partial charge in [0.05, 0.1) is 26.4 Å². The summed E-state index contributed by atoms with van der Waals surface area (Å²) in [5.74, 6) is -1.25. The molecule has 2 aliphatic heterocycles. The van der Waals surface area contributed by atoms with Crippen LogP contribution in [0.1, 0.15) is 12.8 Å². The van der Waals surface area contributed by atoms with Crippen LogP contribution in [-0.4, -0.2) is 67.8 Å². The average Bonchev–Trinajstić information content (AvgIpc) is 2.39. The van der Waals surface area contributed by atoms with E-state index in [0.717, 1.165) is 13.1 Å². The SMILES string of the molecule is O=C(O)C1(CCN2CCOCC2)COCCC1=O. The second-order valence-electron chi connectivity index (χ2n) is 4.82. The minimum atomic E-state index is -1.34. The summed E-state index contributed by atoms with van der Waals surface area (Å²) in [5.41, 5.74) is -1.34. The number of nitrogens with zero attached hydrogens (tertiary/aromatic N) is 1. The lowest BCUT2D eigenvalue weighted by molar-refractivity contribution is -0.165. The van der Waals surface area contributed by atoms with Gasteiger partial charge < -0.3 is 14.6 Å². The van der Waals surface area contributed by atoms with Gasteiger partial charge in [0.1, 0.15) is 0 Å². The lowest BCUT2D eigenvalue weighted by Gasteiger charge is -2.34. The molecule has 1 unspecified atom stereocenters. The summed E-state index contributed by atoms with van der Waals surface area (Å²) in [4.78, 5) is 25.5. The predicted octanol–water partition coefficient (Wildman–Crippen LogP) is -0.231. The zero-order valence-electron chi connectivity index (χ0n) is 10.4. The fourth-order valence-corrected chi connectivity index (χ4v) is 2.40. The number of morpholine rings is 1. The highest BCUT2D eigenvalue weighted by atomic mass is 16.5. The molecule has 102 valence electrons. The molecule has 18 heavy (non-hydrogen) atoms. The molecule has 0 aromatic carbocycles. The van der Waals surface area contributed by atoms with Crippen LogP contribution in [0.3, 0.4) is 0 Å². The minimum absolute atomic E-state index is 0.00546. The van der Waals surface area contributed by atoms with Gasteiger partial charge in [0, 0.05) is 19.5 Å². The van der Waals surface area contributed by atoms with Crippen LogP contribution in [0, 0.1) is 5.41 Å². The molecule has 2 fully saturated rings. The Labute approximate surface area is 106 Å². The van der Waals surface area contributed by atoms with Crippen LogP contribution in [0.25, 0.3) is 0 Å². The fraction of sp³-hybridized carbons (Fsp3) is 0.833. The molecule has 0 aromatic heterocycles. The van der Waals surface area contributed by atoms with Crippen LogP contribution in [-0.2, 0) is 19.1 Å². The number of ketones is 1. The summed E-state index contributed by atoms with van der Waals surface area (Å²) in [7, 11) is 0. The van der Waals surface area contributed by atoms with E-state index in [4.69, 9.17) is 9.47 Å². The van der Waals surface area contributed by atoms with Crippen LogP contribution >= 0.6 is 0 Å². The molecule has 2 rings (SSSR count). The summed E-state index contributed by atoms with van der Waals surface area (Å²) in [5, 5.41) is 9.34. The quantitative estimate of drug-likeness (QED) is 0.701. The summed E-state index contributed by atoms with van der Waals surface area (Å²) < 4.78 is 10.4. The predicted molar refractivity (Wildman–Crippen MR) is 62.4 cm³/mol. The van der Waals surface area contributed by atoms with E-state index in [1.54, 1.807) is 0 Å². The van der Waals surface area contributed by atoms with Gasteiger partial charge in [-0.05, 0) is 13.0 Å². The first kappa shape index (κ1) is 13.5. The molecule has 2 saturated heterocycles. The summed E-state index contributed by atoms with van der Waals surface area (Å²) in [6.45, 7) is 3.88. The second-order valence-corrected chi connectivity index (χ2v) is 4.82. The molecule has 6 nitrogen and oxygen atoms in total. The van der Waals surface area contributed by atoms with Crippen LogP contribution in [0.15, 0.2) is 0 Å². The Morgan fingerprint density at radius 2 is 2.00 bits per heavy atom. The summed E-state index contributed by atoms with van der Waals surface area (Å²) in [6, 6.07) is 0. The van der Waals surface area contributed by atoms with E-state index in [0.29, 0.717) is 32.8 Å². The Morgan fingerprint density at radius 3 is 2.61 bits per heavy atom. The minimum Gasteiger partial charge on any atom is -0.480 e. The van der Waals surface area contributed by atoms with Crippen LogP contribution in [0.5, 0.6) is 0 Å². The van der Waals surface area contributed by atoms with Gasteiger partial charge in [0.2, 0.25) is 0 Å². The third-order valence-corrected chi connectivity index (χ3v) is 3.72. The third-order valence-electron chi connectivity index (χ3n) is 3.72. The van der Waals surface area contributed by atoms with Gasteiger partial charge >= 0.3 is 5.97 Å². The van der Waals surface area contributed by atoms with E-state index in [-0.39, 0.29) is 18.8 Å². The molecule has 6 heteroatoms. The van der Waals surface area contributed by atoms with Gasteiger partial charge in [0.15, 0.2) is 11.2 Å². The van der Waals surface area contributed by atoms with Gasteiger partial charge in [-0.25, -0.2) is 0 Å². The van der Waals surface area contributed by atoms with Gasteiger partial charge in [-0.3, -0.25) is 14.5 Å². The Kier molecular flexibility index (Phi) is 4.31. The number of rotatable bonds is 4. The monoisotopic (exact) mass is 257 g/mol. The molecule has 1 atom stereocenters. The zero-order chi connectivity index (χ0) is 13.0. The van der Waals surface area contributed by atoms with E-state index in [1.807, 2.05) is 0 Å². The molecule has 0 amide bonds. The van der Waals surface area contributed by atoms with Crippen molar-refractivity contribution in [3.8, 4) is 0 Å². The maximum absolute atomic E-state index is 11.9. The van der Waals surface area contributed by atoms with Crippen LogP contribution in [0.2, 0.25) is 0 Å². The van der Waals surface area contributed by atoms with Gasteiger partial charge in [0.25, 0.3) is 0 Å². The van der Waals surface area contributed by atoms with Gasteiger partial charge in [-0.2, -0.15) is 0 Å². The highest BCUT2D eigenvalue weighted by Gasteiger charge is 2.47. The van der Waals surface area contributed by atoms with E-state index < -0.39 is 11.4 Å². The van der Waals surface area contributed by atoms with Gasteiger partial charge in [-0.15, -0.1) is 0 Å². The third kappa shape index (κ3) is 2.71. The first-order valence-electron chi connectivity index (χ1n) is 6.30. The number of aliphatic carboxylic acids is 1. The molecule has 2 aliphatic rings. The van der Waals surface area contributed by atoms with Gasteiger partial charge in [-0.1, -0.05) is 0 Å². The topological polar surface area (TPSA) is 76.1 Å². The molecular weight excluding hydrogens is 238 g/mol. The Morgan fingerprint density at radius 1 is 1.28 bits per heavy atom. The number of carbonyl (C=O) groups excluding carboxylic acids is 1. The average molecular weight is 257 g/mol. The maximum atomic E-state index is 11.9. The van der Waals surface area contributed by atoms with E-state index in [2.05, 4.69) is 4.90 Å². The van der Waals surface area contributed by atoms with Crippen molar-refractivity contribution in [3.63, 3.8) is 0 Å². The smallest absolute Gasteiger partial charge is 0.319 e. The van der Waals surface area contributed by atoms with Crippen molar-refractivity contribution in [2.24, 2.45) is 5.41 Å². The van der Waals surface area contributed by atoms with Crippen molar-refractivity contribution in [2.75, 3.05) is 46.1 Å². The first-order valence-corrected chi connectivity index (χ1v) is 6.30. The number of Topliss-reactive ketones (excluding diaryl/α,β-unsaturated/α-hetero) is 1. The fourth-order valence-electron chi connectivity index (χ4n) is 2.40. The van der Waals surface area contributed by atoms with Crippen molar-refractivity contribution in [2.45, 2.75) is 12.8 Å². The summed E-state index contributed by atoms with van der Waals surface area (Å²) in [6.07, 6.45) is 0.524. The lowest BCUT2D eigenvalue weighted by Crippen LogP contribution is -2.49. The van der Waals surface area contributed by atoms with E-state index in [9.17, 15) is 14.7 Å². The highest BCUT2D eigenvalue weighted by molar-refractivity contribution is 6.03. The Bertz CT molecular complexity index is 326. The second kappa shape index (κ2) is 5.77. The normalized spacial score (nSPS) is 30.3. The van der Waals surface area contributed by atoms with Crippen molar-refractivity contribution < 1.29 is 24.2 Å². The largest absolute Gasteiger partial charge is 0.480 e. The number of hydrogen-bond acceptors (Lipinski definition) is 5. The summed E-state index contributed by atoms with van der Waals surface area (Å²) >= 11 is 0. The molecule has 0 saturated carbocycles. The molecule has 0 aliphatic carbocycles. The number of carboxylic acids is 1. The Balaban J connectivity index is 1.97. The maximum Gasteiger partial charge on any atom is 0.319 e. The standard InChI is InChI=1S/C12H19NO5/c14-10-1-6-18-9-12(10,11(15)16)2-3-13-4-7-17-8-5-13/h1-9H2,(H,15,16). The molecule has 0 aromatic rings. The number of ether oxygens (including phenoxy) is 2. The molecular formula is C12H19NO5. The molecule has 0 bridgehead atoms. The lowest BCUT2D eigenvalue weighted by atomic mass is 9.78. The van der Waals surface area contributed by atoms with E-state index >= 15 is 0 Å².